The Morgan fingerprint density at radius 3 is 2.69 bits per heavy atom. The molecule has 2 unspecified atom stereocenters. The lowest BCUT2D eigenvalue weighted by Crippen LogP contribution is -2.39. The average molecular weight is 226 g/mol. The maximum absolute atomic E-state index is 10.6. The fourth-order valence-electron chi connectivity index (χ4n) is 3.48. The van der Waals surface area contributed by atoms with Crippen LogP contribution in [0.25, 0.3) is 0 Å². The van der Waals surface area contributed by atoms with Gasteiger partial charge in [-0.15, -0.1) is 0 Å². The molecule has 2 aliphatic rings. The second-order valence-electron chi connectivity index (χ2n) is 6.59. The third kappa shape index (κ3) is 3.21. The molecule has 0 bridgehead atoms. The number of ether oxygens (including phenoxy) is 1. The third-order valence-corrected chi connectivity index (χ3v) is 4.26. The monoisotopic (exact) mass is 226 g/mol. The highest BCUT2D eigenvalue weighted by Gasteiger charge is 2.38. The highest BCUT2D eigenvalue weighted by Crippen LogP contribution is 2.43. The topological polar surface area (TPSA) is 29.5 Å². The zero-order valence-corrected chi connectivity index (χ0v) is 10.8. The molecule has 0 aromatic carbocycles. The summed E-state index contributed by atoms with van der Waals surface area (Å²) in [5.74, 6) is 0. The lowest BCUT2D eigenvalue weighted by atomic mass is 9.68. The Labute approximate surface area is 99.4 Å². The van der Waals surface area contributed by atoms with E-state index in [0.29, 0.717) is 11.5 Å². The predicted octanol–water partition coefficient (Wildman–Crippen LogP) is 3.28. The fraction of sp³-hybridized carbons (Fsp3) is 1.00. The van der Waals surface area contributed by atoms with Gasteiger partial charge < -0.3 is 9.84 Å². The van der Waals surface area contributed by atoms with Crippen molar-refractivity contribution in [2.24, 2.45) is 5.41 Å². The lowest BCUT2D eigenvalue weighted by Gasteiger charge is -2.42. The van der Waals surface area contributed by atoms with E-state index in [1.165, 1.54) is 25.7 Å². The van der Waals surface area contributed by atoms with Gasteiger partial charge >= 0.3 is 0 Å². The Morgan fingerprint density at radius 2 is 2.06 bits per heavy atom. The largest absolute Gasteiger partial charge is 0.390 e. The Bertz CT molecular complexity index is 231. The maximum atomic E-state index is 10.6. The van der Waals surface area contributed by atoms with Crippen molar-refractivity contribution in [1.82, 2.24) is 0 Å². The zero-order valence-electron chi connectivity index (χ0n) is 10.8. The molecule has 16 heavy (non-hydrogen) atoms. The van der Waals surface area contributed by atoms with Crippen molar-refractivity contribution in [2.45, 2.75) is 76.9 Å². The SMILES string of the molecule is CC1(C)CCCC(O)(CCC2CCCO2)C1. The highest BCUT2D eigenvalue weighted by molar-refractivity contribution is 4.91. The fourth-order valence-corrected chi connectivity index (χ4v) is 3.48. The van der Waals surface area contributed by atoms with E-state index in [1.807, 2.05) is 0 Å². The van der Waals surface area contributed by atoms with E-state index in [-0.39, 0.29) is 0 Å². The van der Waals surface area contributed by atoms with Gasteiger partial charge in [0.2, 0.25) is 0 Å². The second-order valence-corrected chi connectivity index (χ2v) is 6.59. The Hall–Kier alpha value is -0.0800. The van der Waals surface area contributed by atoms with Crippen LogP contribution in [0.5, 0.6) is 0 Å². The summed E-state index contributed by atoms with van der Waals surface area (Å²) in [5.41, 5.74) is -0.0861. The van der Waals surface area contributed by atoms with Crippen LogP contribution in [0.3, 0.4) is 0 Å². The molecule has 0 aromatic heterocycles. The van der Waals surface area contributed by atoms with E-state index in [0.717, 1.165) is 32.3 Å². The summed E-state index contributed by atoms with van der Waals surface area (Å²) < 4.78 is 5.63. The number of hydrogen-bond acceptors (Lipinski definition) is 2. The van der Waals surface area contributed by atoms with Crippen LogP contribution in [0.15, 0.2) is 0 Å². The van der Waals surface area contributed by atoms with Crippen LogP contribution in [-0.4, -0.2) is 23.4 Å². The molecule has 2 fully saturated rings. The van der Waals surface area contributed by atoms with Crippen molar-refractivity contribution in [3.05, 3.63) is 0 Å². The molecule has 1 aliphatic heterocycles. The van der Waals surface area contributed by atoms with Gasteiger partial charge in [0.1, 0.15) is 0 Å². The molecule has 1 N–H and O–H groups in total. The van der Waals surface area contributed by atoms with Crippen LogP contribution < -0.4 is 0 Å². The van der Waals surface area contributed by atoms with Crippen LogP contribution in [0.4, 0.5) is 0 Å². The van der Waals surface area contributed by atoms with E-state index in [2.05, 4.69) is 13.8 Å². The summed E-state index contributed by atoms with van der Waals surface area (Å²) in [6.45, 7) is 5.49. The molecule has 0 aromatic rings. The van der Waals surface area contributed by atoms with Gasteiger partial charge in [-0.25, -0.2) is 0 Å². The van der Waals surface area contributed by atoms with E-state index < -0.39 is 5.60 Å². The van der Waals surface area contributed by atoms with Crippen molar-refractivity contribution >= 4 is 0 Å². The summed E-state index contributed by atoms with van der Waals surface area (Å²) in [6, 6.07) is 0. The Kier molecular flexibility index (Phi) is 3.60. The van der Waals surface area contributed by atoms with Crippen LogP contribution in [-0.2, 0) is 4.74 Å². The standard InChI is InChI=1S/C14H26O2/c1-13(2)7-4-8-14(15,11-13)9-6-12-5-3-10-16-12/h12,15H,3-11H2,1-2H3. The molecule has 1 saturated carbocycles. The van der Waals surface area contributed by atoms with Gasteiger partial charge in [-0.2, -0.15) is 0 Å². The lowest BCUT2D eigenvalue weighted by molar-refractivity contribution is -0.0541. The number of aliphatic hydroxyl groups is 1. The van der Waals surface area contributed by atoms with E-state index in [4.69, 9.17) is 4.74 Å². The normalized spacial score (nSPS) is 38.8. The van der Waals surface area contributed by atoms with Gasteiger partial charge in [-0.05, 0) is 50.4 Å². The van der Waals surface area contributed by atoms with Crippen LogP contribution in [0.2, 0.25) is 0 Å². The average Bonchev–Trinajstić information content (AvgIpc) is 2.65. The highest BCUT2D eigenvalue weighted by atomic mass is 16.5. The molecule has 2 nitrogen and oxygen atoms in total. The summed E-state index contributed by atoms with van der Waals surface area (Å²) in [5, 5.41) is 10.6. The summed E-state index contributed by atoms with van der Waals surface area (Å²) >= 11 is 0. The first-order valence-corrected chi connectivity index (χ1v) is 6.83. The summed E-state index contributed by atoms with van der Waals surface area (Å²) in [7, 11) is 0. The zero-order chi connectivity index (χ0) is 11.6. The van der Waals surface area contributed by atoms with Crippen molar-refractivity contribution < 1.29 is 9.84 Å². The molecule has 94 valence electrons. The molecule has 2 heteroatoms. The van der Waals surface area contributed by atoms with Crippen molar-refractivity contribution in [2.75, 3.05) is 6.61 Å². The molecule has 0 radical (unpaired) electrons. The quantitative estimate of drug-likeness (QED) is 0.800. The van der Waals surface area contributed by atoms with Crippen LogP contribution in [0, 0.1) is 5.41 Å². The van der Waals surface area contributed by atoms with Crippen LogP contribution in [0.1, 0.15) is 65.2 Å². The van der Waals surface area contributed by atoms with E-state index in [9.17, 15) is 5.11 Å². The molecule has 2 atom stereocenters. The van der Waals surface area contributed by atoms with Gasteiger partial charge in [-0.1, -0.05) is 20.3 Å². The van der Waals surface area contributed by atoms with E-state index >= 15 is 0 Å². The maximum Gasteiger partial charge on any atom is 0.0653 e. The van der Waals surface area contributed by atoms with Gasteiger partial charge in [0.15, 0.2) is 0 Å². The van der Waals surface area contributed by atoms with Gasteiger partial charge in [0.25, 0.3) is 0 Å². The van der Waals surface area contributed by atoms with Crippen molar-refractivity contribution in [3.63, 3.8) is 0 Å². The molecule has 0 amide bonds. The first-order chi connectivity index (χ1) is 7.49. The Morgan fingerprint density at radius 1 is 1.25 bits per heavy atom. The third-order valence-electron chi connectivity index (χ3n) is 4.26. The molecular weight excluding hydrogens is 200 g/mol. The molecular formula is C14H26O2. The molecule has 0 spiro atoms. The second kappa shape index (κ2) is 4.66. The van der Waals surface area contributed by atoms with Crippen molar-refractivity contribution in [1.29, 1.82) is 0 Å². The molecule has 1 saturated heterocycles. The molecule has 1 aliphatic carbocycles. The minimum atomic E-state index is -0.409. The van der Waals surface area contributed by atoms with E-state index in [1.54, 1.807) is 0 Å². The Balaban J connectivity index is 1.82. The van der Waals surface area contributed by atoms with Crippen molar-refractivity contribution in [3.8, 4) is 0 Å². The minimum Gasteiger partial charge on any atom is -0.390 e. The minimum absolute atomic E-state index is 0.323. The van der Waals surface area contributed by atoms with Gasteiger partial charge in [-0.3, -0.25) is 0 Å². The predicted molar refractivity (Wildman–Crippen MR) is 65.4 cm³/mol. The summed E-state index contributed by atoms with van der Waals surface area (Å²) in [6.07, 6.45) is 9.19. The van der Waals surface area contributed by atoms with Gasteiger partial charge in [0.05, 0.1) is 11.7 Å². The summed E-state index contributed by atoms with van der Waals surface area (Å²) in [4.78, 5) is 0. The number of rotatable bonds is 3. The van der Waals surface area contributed by atoms with Crippen LogP contribution >= 0.6 is 0 Å². The first kappa shape index (κ1) is 12.4. The first-order valence-electron chi connectivity index (χ1n) is 6.83. The molecule has 1 heterocycles. The van der Waals surface area contributed by atoms with Gasteiger partial charge in [0, 0.05) is 6.61 Å². The smallest absolute Gasteiger partial charge is 0.0653 e. The number of hydrogen-bond donors (Lipinski definition) is 1. The molecule has 2 rings (SSSR count).